The minimum absolute atomic E-state index is 0.0845. The van der Waals surface area contributed by atoms with E-state index in [1.165, 1.54) is 0 Å². The van der Waals surface area contributed by atoms with Crippen molar-refractivity contribution in [3.63, 3.8) is 0 Å². The molecule has 0 aromatic carbocycles. The summed E-state index contributed by atoms with van der Waals surface area (Å²) in [5, 5.41) is 8.62. The van der Waals surface area contributed by atoms with E-state index < -0.39 is 0 Å². The van der Waals surface area contributed by atoms with Crippen molar-refractivity contribution in [2.45, 2.75) is 38.9 Å². The lowest BCUT2D eigenvalue weighted by Crippen LogP contribution is -2.48. The molecule has 0 spiro atoms. The van der Waals surface area contributed by atoms with Gasteiger partial charge in [0.05, 0.1) is 12.2 Å². The van der Waals surface area contributed by atoms with Gasteiger partial charge in [0, 0.05) is 26.1 Å². The lowest BCUT2D eigenvalue weighted by atomic mass is 10.2. The van der Waals surface area contributed by atoms with E-state index in [2.05, 4.69) is 0 Å². The largest absolute Gasteiger partial charge is 0.396 e. The molecule has 1 rings (SSSR count). The smallest absolute Gasteiger partial charge is 0.222 e. The number of hydrogen-bond donors (Lipinski definition) is 1. The van der Waals surface area contributed by atoms with Crippen LogP contribution < -0.4 is 0 Å². The summed E-state index contributed by atoms with van der Waals surface area (Å²) in [7, 11) is 0. The molecule has 1 aliphatic heterocycles. The van der Waals surface area contributed by atoms with Gasteiger partial charge in [-0.3, -0.25) is 4.79 Å². The Bertz CT molecular complexity index is 186. The molecule has 0 saturated carbocycles. The van der Waals surface area contributed by atoms with Crippen molar-refractivity contribution < 1.29 is 14.6 Å². The van der Waals surface area contributed by atoms with Crippen molar-refractivity contribution in [1.29, 1.82) is 0 Å². The van der Waals surface area contributed by atoms with Crippen LogP contribution >= 0.6 is 0 Å². The lowest BCUT2D eigenvalue weighted by Gasteiger charge is -2.35. The van der Waals surface area contributed by atoms with Crippen LogP contribution in [-0.2, 0) is 9.53 Å². The minimum atomic E-state index is 0.0845. The van der Waals surface area contributed by atoms with Crippen molar-refractivity contribution in [2.75, 3.05) is 19.7 Å². The van der Waals surface area contributed by atoms with Crippen LogP contribution in [0.25, 0.3) is 0 Å². The normalized spacial score (nSPS) is 27.8. The van der Waals surface area contributed by atoms with Crippen LogP contribution in [0, 0.1) is 0 Å². The molecule has 0 aromatic rings. The molecule has 1 amide bonds. The summed E-state index contributed by atoms with van der Waals surface area (Å²) in [5.41, 5.74) is 0. The highest BCUT2D eigenvalue weighted by Crippen LogP contribution is 2.12. The van der Waals surface area contributed by atoms with Crippen LogP contribution in [0.1, 0.15) is 26.7 Å². The molecule has 1 aliphatic rings. The molecule has 1 fully saturated rings. The fourth-order valence-electron chi connectivity index (χ4n) is 1.77. The molecule has 82 valence electrons. The first-order valence-corrected chi connectivity index (χ1v) is 5.17. The number of amides is 1. The van der Waals surface area contributed by atoms with Crippen molar-refractivity contribution in [2.24, 2.45) is 0 Å². The predicted molar refractivity (Wildman–Crippen MR) is 52.9 cm³/mol. The van der Waals surface area contributed by atoms with Gasteiger partial charge < -0.3 is 14.7 Å². The van der Waals surface area contributed by atoms with Gasteiger partial charge in [-0.1, -0.05) is 0 Å². The van der Waals surface area contributed by atoms with Gasteiger partial charge >= 0.3 is 0 Å². The predicted octanol–water partition coefficient (Wildman–Crippen LogP) is 0.395. The Kier molecular flexibility index (Phi) is 4.35. The highest BCUT2D eigenvalue weighted by atomic mass is 16.5. The minimum Gasteiger partial charge on any atom is -0.396 e. The number of aliphatic hydroxyl groups is 1. The van der Waals surface area contributed by atoms with Crippen LogP contribution in [0.4, 0.5) is 0 Å². The zero-order valence-corrected chi connectivity index (χ0v) is 8.90. The van der Waals surface area contributed by atoms with E-state index in [4.69, 9.17) is 9.84 Å². The number of nitrogens with zero attached hydrogens (tertiary/aromatic N) is 1. The second kappa shape index (κ2) is 5.32. The Morgan fingerprint density at radius 3 is 2.50 bits per heavy atom. The third-order valence-electron chi connectivity index (χ3n) is 2.32. The molecule has 1 heterocycles. The fourth-order valence-corrected chi connectivity index (χ4v) is 1.77. The number of aliphatic hydroxyl groups excluding tert-OH is 1. The van der Waals surface area contributed by atoms with Crippen molar-refractivity contribution >= 4 is 5.91 Å². The van der Waals surface area contributed by atoms with Crippen LogP contribution in [0.5, 0.6) is 0 Å². The highest BCUT2D eigenvalue weighted by Gasteiger charge is 2.25. The average molecular weight is 201 g/mol. The Hall–Kier alpha value is -0.610. The zero-order valence-electron chi connectivity index (χ0n) is 8.90. The second-order valence-electron chi connectivity index (χ2n) is 3.88. The Morgan fingerprint density at radius 1 is 1.43 bits per heavy atom. The molecule has 4 nitrogen and oxygen atoms in total. The second-order valence-corrected chi connectivity index (χ2v) is 3.88. The first-order chi connectivity index (χ1) is 6.63. The lowest BCUT2D eigenvalue weighted by molar-refractivity contribution is -0.143. The van der Waals surface area contributed by atoms with Gasteiger partial charge in [0.1, 0.15) is 0 Å². The number of ether oxygens (including phenoxy) is 1. The summed E-state index contributed by atoms with van der Waals surface area (Å²) in [4.78, 5) is 13.4. The van der Waals surface area contributed by atoms with Crippen LogP contribution in [0.15, 0.2) is 0 Å². The van der Waals surface area contributed by atoms with Crippen molar-refractivity contribution in [3.8, 4) is 0 Å². The Morgan fingerprint density at radius 2 is 2.00 bits per heavy atom. The maximum Gasteiger partial charge on any atom is 0.222 e. The van der Waals surface area contributed by atoms with Gasteiger partial charge in [0.25, 0.3) is 0 Å². The number of carbonyl (C=O) groups excluding carboxylic acids is 1. The molecule has 2 unspecified atom stereocenters. The third kappa shape index (κ3) is 3.27. The van der Waals surface area contributed by atoms with Gasteiger partial charge in [-0.05, 0) is 20.3 Å². The van der Waals surface area contributed by atoms with Gasteiger partial charge in [0.2, 0.25) is 5.91 Å². The number of hydrogen-bond acceptors (Lipinski definition) is 3. The summed E-state index contributed by atoms with van der Waals surface area (Å²) < 4.78 is 5.53. The number of morpholine rings is 1. The van der Waals surface area contributed by atoms with Crippen LogP contribution in [0.2, 0.25) is 0 Å². The van der Waals surface area contributed by atoms with E-state index in [9.17, 15) is 4.79 Å². The number of rotatable bonds is 3. The highest BCUT2D eigenvalue weighted by molar-refractivity contribution is 5.76. The monoisotopic (exact) mass is 201 g/mol. The summed E-state index contributed by atoms with van der Waals surface area (Å²) in [5.74, 6) is 0.126. The molecular weight excluding hydrogens is 182 g/mol. The maximum absolute atomic E-state index is 11.6. The van der Waals surface area contributed by atoms with E-state index in [0.29, 0.717) is 25.9 Å². The molecule has 0 aromatic heterocycles. The molecule has 4 heteroatoms. The fraction of sp³-hybridized carbons (Fsp3) is 0.900. The molecule has 0 radical (unpaired) electrons. The van der Waals surface area contributed by atoms with Crippen LogP contribution in [0.3, 0.4) is 0 Å². The van der Waals surface area contributed by atoms with Gasteiger partial charge in [-0.15, -0.1) is 0 Å². The quantitative estimate of drug-likeness (QED) is 0.719. The molecule has 2 atom stereocenters. The van der Waals surface area contributed by atoms with E-state index in [1.807, 2.05) is 18.7 Å². The molecular formula is C10H19NO3. The third-order valence-corrected chi connectivity index (χ3v) is 2.32. The summed E-state index contributed by atoms with van der Waals surface area (Å²) >= 11 is 0. The topological polar surface area (TPSA) is 49.8 Å². The summed E-state index contributed by atoms with van der Waals surface area (Å²) in [6.07, 6.45) is 1.24. The Labute approximate surface area is 84.8 Å². The van der Waals surface area contributed by atoms with E-state index in [-0.39, 0.29) is 24.7 Å². The van der Waals surface area contributed by atoms with Crippen LogP contribution in [-0.4, -0.2) is 47.8 Å². The maximum atomic E-state index is 11.6. The van der Waals surface area contributed by atoms with E-state index in [0.717, 1.165) is 0 Å². The molecule has 1 saturated heterocycles. The van der Waals surface area contributed by atoms with E-state index >= 15 is 0 Å². The SMILES string of the molecule is CC1CN(C(=O)CCCO)CC(C)O1. The first-order valence-electron chi connectivity index (χ1n) is 5.17. The summed E-state index contributed by atoms with van der Waals surface area (Å²) in [6, 6.07) is 0. The van der Waals surface area contributed by atoms with Crippen molar-refractivity contribution in [1.82, 2.24) is 4.90 Å². The van der Waals surface area contributed by atoms with Gasteiger partial charge in [-0.2, -0.15) is 0 Å². The van der Waals surface area contributed by atoms with Gasteiger partial charge in [0.15, 0.2) is 0 Å². The number of carbonyl (C=O) groups is 1. The van der Waals surface area contributed by atoms with Crippen molar-refractivity contribution in [3.05, 3.63) is 0 Å². The average Bonchev–Trinajstić information content (AvgIpc) is 2.12. The van der Waals surface area contributed by atoms with E-state index in [1.54, 1.807) is 0 Å². The molecule has 14 heavy (non-hydrogen) atoms. The molecule has 0 bridgehead atoms. The van der Waals surface area contributed by atoms with Gasteiger partial charge in [-0.25, -0.2) is 0 Å². The Balaban J connectivity index is 2.38. The zero-order chi connectivity index (χ0) is 10.6. The molecule has 1 N–H and O–H groups in total. The standard InChI is InChI=1S/C10H19NO3/c1-8-6-11(7-9(2)14-8)10(13)4-3-5-12/h8-9,12H,3-7H2,1-2H3. The molecule has 0 aliphatic carbocycles. The summed E-state index contributed by atoms with van der Waals surface area (Å²) in [6.45, 7) is 5.38. The first kappa shape index (κ1) is 11.5.